The zero-order valence-corrected chi connectivity index (χ0v) is 11.2. The van der Waals surface area contributed by atoms with E-state index in [1.54, 1.807) is 23.2 Å². The molecule has 2 heterocycles. The van der Waals surface area contributed by atoms with Crippen molar-refractivity contribution in [3.63, 3.8) is 0 Å². The number of carboxylic acids is 1. The summed E-state index contributed by atoms with van der Waals surface area (Å²) in [6, 6.07) is 5.70. The SMILES string of the molecule is Cc1cc2ncn(-c3ccncc3C(=O)O)c2cc1C. The van der Waals surface area contributed by atoms with Gasteiger partial charge in [-0.3, -0.25) is 9.55 Å². The standard InChI is InChI=1S/C15H13N3O2/c1-9-5-12-14(6-10(9)2)18(8-17-12)13-3-4-16-7-11(13)15(19)20/h3-8H,1-2H3,(H,19,20). The number of imidazole rings is 1. The molecule has 0 aliphatic rings. The average molecular weight is 267 g/mol. The topological polar surface area (TPSA) is 68.0 Å². The van der Waals surface area contributed by atoms with Gasteiger partial charge in [0.25, 0.3) is 0 Å². The number of aryl methyl sites for hydroxylation is 2. The van der Waals surface area contributed by atoms with Crippen LogP contribution in [0, 0.1) is 13.8 Å². The van der Waals surface area contributed by atoms with Gasteiger partial charge in [0.2, 0.25) is 0 Å². The first-order valence-corrected chi connectivity index (χ1v) is 6.20. The van der Waals surface area contributed by atoms with Crippen molar-refractivity contribution in [1.82, 2.24) is 14.5 Å². The van der Waals surface area contributed by atoms with Crippen molar-refractivity contribution < 1.29 is 9.90 Å². The van der Waals surface area contributed by atoms with Gasteiger partial charge in [0.15, 0.2) is 0 Å². The monoisotopic (exact) mass is 267 g/mol. The van der Waals surface area contributed by atoms with Crippen LogP contribution in [0.25, 0.3) is 16.7 Å². The largest absolute Gasteiger partial charge is 0.478 e. The summed E-state index contributed by atoms with van der Waals surface area (Å²) in [4.78, 5) is 19.5. The highest BCUT2D eigenvalue weighted by atomic mass is 16.4. The molecule has 0 aliphatic heterocycles. The van der Waals surface area contributed by atoms with Crippen molar-refractivity contribution in [2.75, 3.05) is 0 Å². The van der Waals surface area contributed by atoms with E-state index in [0.717, 1.165) is 22.2 Å². The van der Waals surface area contributed by atoms with E-state index in [4.69, 9.17) is 0 Å². The van der Waals surface area contributed by atoms with Crippen LogP contribution in [0.5, 0.6) is 0 Å². The maximum absolute atomic E-state index is 11.3. The molecule has 20 heavy (non-hydrogen) atoms. The molecule has 0 radical (unpaired) electrons. The van der Waals surface area contributed by atoms with E-state index in [0.29, 0.717) is 5.69 Å². The first-order valence-electron chi connectivity index (χ1n) is 6.20. The Morgan fingerprint density at radius 1 is 1.25 bits per heavy atom. The lowest BCUT2D eigenvalue weighted by molar-refractivity contribution is 0.0696. The first kappa shape index (κ1) is 12.3. The molecule has 0 fully saturated rings. The summed E-state index contributed by atoms with van der Waals surface area (Å²) in [5, 5.41) is 9.26. The highest BCUT2D eigenvalue weighted by Crippen LogP contribution is 2.23. The van der Waals surface area contributed by atoms with Crippen LogP contribution in [-0.2, 0) is 0 Å². The van der Waals surface area contributed by atoms with Gasteiger partial charge in [-0.05, 0) is 43.2 Å². The van der Waals surface area contributed by atoms with Crippen LogP contribution >= 0.6 is 0 Å². The molecular formula is C15H13N3O2. The molecule has 0 spiro atoms. The van der Waals surface area contributed by atoms with Gasteiger partial charge in [-0.25, -0.2) is 9.78 Å². The summed E-state index contributed by atoms with van der Waals surface area (Å²) in [6.07, 6.45) is 4.57. The van der Waals surface area contributed by atoms with Gasteiger partial charge in [0, 0.05) is 12.4 Å². The van der Waals surface area contributed by atoms with Gasteiger partial charge in [0.1, 0.15) is 11.9 Å². The van der Waals surface area contributed by atoms with Crippen LogP contribution in [-0.4, -0.2) is 25.6 Å². The second-order valence-corrected chi connectivity index (χ2v) is 4.74. The summed E-state index contributed by atoms with van der Waals surface area (Å²) in [5.74, 6) is -1.00. The fourth-order valence-corrected chi connectivity index (χ4v) is 2.22. The molecule has 0 aliphatic carbocycles. The molecule has 5 heteroatoms. The summed E-state index contributed by atoms with van der Waals surface area (Å²) in [7, 11) is 0. The van der Waals surface area contributed by atoms with E-state index in [1.807, 2.05) is 26.0 Å². The third-order valence-corrected chi connectivity index (χ3v) is 3.45. The number of pyridine rings is 1. The van der Waals surface area contributed by atoms with E-state index >= 15 is 0 Å². The minimum atomic E-state index is -1.00. The number of benzene rings is 1. The molecular weight excluding hydrogens is 254 g/mol. The Bertz CT molecular complexity index is 821. The van der Waals surface area contributed by atoms with Crippen molar-refractivity contribution in [2.45, 2.75) is 13.8 Å². The fraction of sp³-hybridized carbons (Fsp3) is 0.133. The Morgan fingerprint density at radius 3 is 2.75 bits per heavy atom. The molecule has 1 N–H and O–H groups in total. The minimum Gasteiger partial charge on any atom is -0.478 e. The average Bonchev–Trinajstić information content (AvgIpc) is 2.82. The quantitative estimate of drug-likeness (QED) is 0.775. The van der Waals surface area contributed by atoms with E-state index < -0.39 is 5.97 Å². The minimum absolute atomic E-state index is 0.157. The Labute approximate surface area is 115 Å². The van der Waals surface area contributed by atoms with Crippen molar-refractivity contribution in [2.24, 2.45) is 0 Å². The van der Waals surface area contributed by atoms with Crippen LogP contribution in [0.4, 0.5) is 0 Å². The summed E-state index contributed by atoms with van der Waals surface area (Å²) in [5.41, 5.74) is 4.77. The summed E-state index contributed by atoms with van der Waals surface area (Å²) < 4.78 is 1.78. The van der Waals surface area contributed by atoms with Crippen molar-refractivity contribution in [3.05, 3.63) is 53.6 Å². The molecule has 0 bridgehead atoms. The van der Waals surface area contributed by atoms with Crippen LogP contribution in [0.15, 0.2) is 36.9 Å². The van der Waals surface area contributed by atoms with Gasteiger partial charge in [-0.15, -0.1) is 0 Å². The first-order chi connectivity index (χ1) is 9.58. The number of aromatic nitrogens is 3. The highest BCUT2D eigenvalue weighted by Gasteiger charge is 2.14. The molecule has 1 aromatic carbocycles. The molecule has 0 atom stereocenters. The van der Waals surface area contributed by atoms with E-state index in [1.165, 1.54) is 6.20 Å². The number of aromatic carboxylic acids is 1. The third-order valence-electron chi connectivity index (χ3n) is 3.45. The Kier molecular flexibility index (Phi) is 2.75. The van der Waals surface area contributed by atoms with Crippen molar-refractivity contribution in [1.29, 1.82) is 0 Å². The van der Waals surface area contributed by atoms with Gasteiger partial charge in [-0.2, -0.15) is 0 Å². The predicted molar refractivity (Wildman–Crippen MR) is 75.3 cm³/mol. The van der Waals surface area contributed by atoms with Crippen molar-refractivity contribution in [3.8, 4) is 5.69 Å². The van der Waals surface area contributed by atoms with E-state index in [9.17, 15) is 9.90 Å². The fourth-order valence-electron chi connectivity index (χ4n) is 2.22. The number of fused-ring (bicyclic) bond motifs is 1. The smallest absolute Gasteiger partial charge is 0.339 e. The Hall–Kier alpha value is -2.69. The molecule has 3 rings (SSSR count). The summed E-state index contributed by atoms with van der Waals surface area (Å²) in [6.45, 7) is 4.06. The number of carboxylic acid groups (broad SMARTS) is 1. The number of rotatable bonds is 2. The normalized spacial score (nSPS) is 10.9. The lowest BCUT2D eigenvalue weighted by Gasteiger charge is -2.08. The number of nitrogens with zero attached hydrogens (tertiary/aromatic N) is 3. The lowest BCUT2D eigenvalue weighted by atomic mass is 10.1. The molecule has 0 unspecified atom stereocenters. The van der Waals surface area contributed by atoms with Gasteiger partial charge < -0.3 is 5.11 Å². The molecule has 100 valence electrons. The predicted octanol–water partition coefficient (Wildman–Crippen LogP) is 2.74. The zero-order valence-electron chi connectivity index (χ0n) is 11.2. The molecule has 5 nitrogen and oxygen atoms in total. The molecule has 3 aromatic rings. The molecule has 0 saturated heterocycles. The van der Waals surface area contributed by atoms with Crippen molar-refractivity contribution >= 4 is 17.0 Å². The number of hydrogen-bond acceptors (Lipinski definition) is 3. The van der Waals surface area contributed by atoms with Crippen LogP contribution in [0.1, 0.15) is 21.5 Å². The summed E-state index contributed by atoms with van der Waals surface area (Å²) >= 11 is 0. The van der Waals surface area contributed by atoms with E-state index in [2.05, 4.69) is 9.97 Å². The second kappa shape index (κ2) is 4.45. The van der Waals surface area contributed by atoms with Crippen LogP contribution < -0.4 is 0 Å². The number of hydrogen-bond donors (Lipinski definition) is 1. The second-order valence-electron chi connectivity index (χ2n) is 4.74. The van der Waals surface area contributed by atoms with E-state index in [-0.39, 0.29) is 5.56 Å². The maximum Gasteiger partial charge on any atom is 0.339 e. The zero-order chi connectivity index (χ0) is 14.3. The Morgan fingerprint density at radius 2 is 2.00 bits per heavy atom. The number of carbonyl (C=O) groups is 1. The maximum atomic E-state index is 11.3. The molecule has 2 aromatic heterocycles. The Balaban J connectivity index is 2.31. The highest BCUT2D eigenvalue weighted by molar-refractivity contribution is 5.92. The van der Waals surface area contributed by atoms with Crippen LogP contribution in [0.3, 0.4) is 0 Å². The third kappa shape index (κ3) is 1.84. The van der Waals surface area contributed by atoms with Gasteiger partial charge in [-0.1, -0.05) is 0 Å². The van der Waals surface area contributed by atoms with Crippen LogP contribution in [0.2, 0.25) is 0 Å². The molecule has 0 amide bonds. The van der Waals surface area contributed by atoms with Gasteiger partial charge in [0.05, 0.1) is 16.7 Å². The lowest BCUT2D eigenvalue weighted by Crippen LogP contribution is -2.05. The van der Waals surface area contributed by atoms with Gasteiger partial charge >= 0.3 is 5.97 Å². The molecule has 0 saturated carbocycles.